The fourth-order valence-electron chi connectivity index (χ4n) is 1.73. The molecule has 0 radical (unpaired) electrons. The van der Waals surface area contributed by atoms with Crippen LogP contribution in [-0.2, 0) is 4.74 Å². The van der Waals surface area contributed by atoms with E-state index in [1.54, 1.807) is 19.1 Å². The summed E-state index contributed by atoms with van der Waals surface area (Å²) in [6, 6.07) is 2.06. The summed E-state index contributed by atoms with van der Waals surface area (Å²) in [5.41, 5.74) is 0. The first kappa shape index (κ1) is 12.2. The molecule has 0 spiro atoms. The van der Waals surface area contributed by atoms with Crippen LogP contribution >= 0.6 is 0 Å². The average Bonchev–Trinajstić information content (AvgIpc) is 2.53. The first-order valence-corrected chi connectivity index (χ1v) is 5.18. The summed E-state index contributed by atoms with van der Waals surface area (Å²) < 4.78 is 5.37. The number of ether oxygens (including phenoxy) is 1. The Morgan fingerprint density at radius 1 is 1.67 bits per heavy atom. The van der Waals surface area contributed by atoms with Crippen molar-refractivity contribution in [2.45, 2.75) is 38.1 Å². The number of aliphatic hydroxyl groups excluding tert-OH is 2. The number of aliphatic hydroxyl groups is 2. The lowest BCUT2D eigenvalue weighted by molar-refractivity contribution is 0.107. The molecule has 15 heavy (non-hydrogen) atoms. The van der Waals surface area contributed by atoms with Gasteiger partial charge in [0.2, 0.25) is 0 Å². The van der Waals surface area contributed by atoms with Crippen molar-refractivity contribution < 1.29 is 14.9 Å². The van der Waals surface area contributed by atoms with E-state index >= 15 is 0 Å². The van der Waals surface area contributed by atoms with Gasteiger partial charge in [0.25, 0.3) is 0 Å². The van der Waals surface area contributed by atoms with Crippen LogP contribution in [0.1, 0.15) is 19.8 Å². The molecule has 0 aromatic heterocycles. The highest BCUT2D eigenvalue weighted by atomic mass is 16.5. The van der Waals surface area contributed by atoms with Gasteiger partial charge in [0.15, 0.2) is 0 Å². The van der Waals surface area contributed by atoms with Gasteiger partial charge in [0.05, 0.1) is 31.0 Å². The van der Waals surface area contributed by atoms with Gasteiger partial charge in [-0.05, 0) is 13.3 Å². The molecule has 0 amide bonds. The van der Waals surface area contributed by atoms with E-state index in [9.17, 15) is 5.11 Å². The van der Waals surface area contributed by atoms with E-state index in [1.807, 2.05) is 0 Å². The van der Waals surface area contributed by atoms with Crippen LogP contribution in [0.15, 0.2) is 12.2 Å². The molecule has 1 fully saturated rings. The lowest BCUT2D eigenvalue weighted by Gasteiger charge is -2.16. The van der Waals surface area contributed by atoms with Gasteiger partial charge in [-0.25, -0.2) is 0 Å². The van der Waals surface area contributed by atoms with Gasteiger partial charge in [-0.2, -0.15) is 5.26 Å². The van der Waals surface area contributed by atoms with E-state index in [0.29, 0.717) is 19.4 Å². The van der Waals surface area contributed by atoms with Crippen molar-refractivity contribution in [1.82, 2.24) is 0 Å². The van der Waals surface area contributed by atoms with E-state index < -0.39 is 12.2 Å². The fraction of sp³-hybridized carbons (Fsp3) is 0.727. The Balaban J connectivity index is 2.52. The van der Waals surface area contributed by atoms with Crippen LogP contribution in [-0.4, -0.2) is 35.1 Å². The average molecular weight is 211 g/mol. The normalized spacial score (nSPS) is 33.1. The third kappa shape index (κ3) is 3.63. The van der Waals surface area contributed by atoms with Crippen LogP contribution in [0.2, 0.25) is 0 Å². The number of nitriles is 1. The Morgan fingerprint density at radius 3 is 3.00 bits per heavy atom. The lowest BCUT2D eigenvalue weighted by Crippen LogP contribution is -2.22. The van der Waals surface area contributed by atoms with Crippen LogP contribution in [0.4, 0.5) is 0 Å². The predicted octanol–water partition coefficient (Wildman–Crippen LogP) is 0.603. The molecule has 4 atom stereocenters. The molecular weight excluding hydrogens is 194 g/mol. The smallest absolute Gasteiger partial charge is 0.0830 e. The summed E-state index contributed by atoms with van der Waals surface area (Å²) in [4.78, 5) is 0. The molecule has 84 valence electrons. The fourth-order valence-corrected chi connectivity index (χ4v) is 1.73. The van der Waals surface area contributed by atoms with Crippen molar-refractivity contribution in [2.75, 3.05) is 6.61 Å². The third-order valence-corrected chi connectivity index (χ3v) is 2.54. The van der Waals surface area contributed by atoms with Crippen molar-refractivity contribution >= 4 is 0 Å². The topological polar surface area (TPSA) is 73.5 Å². The third-order valence-electron chi connectivity index (χ3n) is 2.54. The first-order chi connectivity index (χ1) is 7.15. The second-order valence-electron chi connectivity index (χ2n) is 3.85. The molecule has 1 heterocycles. The summed E-state index contributed by atoms with van der Waals surface area (Å²) in [5, 5.41) is 27.2. The van der Waals surface area contributed by atoms with Crippen molar-refractivity contribution in [3.8, 4) is 6.07 Å². The van der Waals surface area contributed by atoms with Gasteiger partial charge < -0.3 is 14.9 Å². The Hall–Kier alpha value is -0.890. The van der Waals surface area contributed by atoms with Crippen LogP contribution in [0.5, 0.6) is 0 Å². The van der Waals surface area contributed by atoms with Crippen LogP contribution in [0.3, 0.4) is 0 Å². The molecular formula is C11H17NO3. The monoisotopic (exact) mass is 211 g/mol. The Kier molecular flexibility index (Phi) is 4.76. The minimum Gasteiger partial charge on any atom is -0.390 e. The van der Waals surface area contributed by atoms with Crippen LogP contribution in [0.25, 0.3) is 0 Å². The Bertz CT molecular complexity index is 257. The molecule has 1 saturated heterocycles. The molecule has 1 aliphatic heterocycles. The second kappa shape index (κ2) is 5.86. The summed E-state index contributed by atoms with van der Waals surface area (Å²) in [6.45, 7) is 1.97. The molecule has 0 aromatic rings. The summed E-state index contributed by atoms with van der Waals surface area (Å²) in [6.07, 6.45) is 3.27. The van der Waals surface area contributed by atoms with E-state index in [1.165, 1.54) is 0 Å². The molecule has 2 N–H and O–H groups in total. The van der Waals surface area contributed by atoms with E-state index in [4.69, 9.17) is 15.1 Å². The minimum atomic E-state index is -0.511. The maximum absolute atomic E-state index is 9.62. The van der Waals surface area contributed by atoms with Gasteiger partial charge in [-0.15, -0.1) is 0 Å². The maximum atomic E-state index is 9.62. The largest absolute Gasteiger partial charge is 0.390 e. The highest BCUT2D eigenvalue weighted by Crippen LogP contribution is 2.26. The summed E-state index contributed by atoms with van der Waals surface area (Å²) >= 11 is 0. The molecule has 4 nitrogen and oxygen atoms in total. The van der Waals surface area contributed by atoms with Crippen LogP contribution in [0, 0.1) is 17.2 Å². The van der Waals surface area contributed by atoms with Crippen molar-refractivity contribution in [3.05, 3.63) is 12.2 Å². The van der Waals surface area contributed by atoms with Gasteiger partial charge in [0, 0.05) is 12.3 Å². The predicted molar refractivity (Wildman–Crippen MR) is 54.9 cm³/mol. The van der Waals surface area contributed by atoms with E-state index in [0.717, 1.165) is 0 Å². The summed E-state index contributed by atoms with van der Waals surface area (Å²) in [7, 11) is 0. The quantitative estimate of drug-likeness (QED) is 0.668. The minimum absolute atomic E-state index is 0.0281. The van der Waals surface area contributed by atoms with Gasteiger partial charge >= 0.3 is 0 Å². The highest BCUT2D eigenvalue weighted by Gasteiger charge is 2.33. The number of rotatable bonds is 4. The molecule has 0 bridgehead atoms. The molecule has 1 rings (SSSR count). The first-order valence-electron chi connectivity index (χ1n) is 5.18. The zero-order valence-electron chi connectivity index (χ0n) is 8.84. The Morgan fingerprint density at radius 2 is 2.40 bits per heavy atom. The second-order valence-corrected chi connectivity index (χ2v) is 3.85. The molecule has 1 aliphatic rings. The van der Waals surface area contributed by atoms with Crippen molar-refractivity contribution in [3.63, 3.8) is 0 Å². The number of nitrogens with zero attached hydrogens (tertiary/aromatic N) is 1. The number of hydrogen-bond donors (Lipinski definition) is 2. The number of hydrogen-bond acceptors (Lipinski definition) is 4. The van der Waals surface area contributed by atoms with Gasteiger partial charge in [-0.1, -0.05) is 12.2 Å². The molecule has 4 heteroatoms. The molecule has 0 aliphatic carbocycles. The molecule has 0 saturated carbocycles. The van der Waals surface area contributed by atoms with Crippen molar-refractivity contribution in [2.24, 2.45) is 5.92 Å². The summed E-state index contributed by atoms with van der Waals surface area (Å²) in [5.74, 6) is -0.0281. The zero-order chi connectivity index (χ0) is 11.3. The lowest BCUT2D eigenvalue weighted by atomic mass is 9.93. The van der Waals surface area contributed by atoms with Gasteiger partial charge in [0.1, 0.15) is 0 Å². The molecule has 0 aromatic carbocycles. The van der Waals surface area contributed by atoms with E-state index in [2.05, 4.69) is 6.07 Å². The van der Waals surface area contributed by atoms with Crippen LogP contribution < -0.4 is 0 Å². The highest BCUT2D eigenvalue weighted by molar-refractivity contribution is 5.00. The maximum Gasteiger partial charge on any atom is 0.0830 e. The zero-order valence-corrected chi connectivity index (χ0v) is 8.84. The Labute approximate surface area is 89.8 Å². The van der Waals surface area contributed by atoms with Gasteiger partial charge in [-0.3, -0.25) is 0 Å². The van der Waals surface area contributed by atoms with Crippen molar-refractivity contribution in [1.29, 1.82) is 5.26 Å². The van der Waals surface area contributed by atoms with E-state index in [-0.39, 0.29) is 12.0 Å². The SMILES string of the molecule is CC(O)/C=C/[C@H]1OC[C@H](O)[C@@H]1CCC#N. The molecule has 1 unspecified atom stereocenters. The standard InChI is InChI=1S/C11H17NO3/c1-8(13)4-5-11-9(3-2-6-12)10(14)7-15-11/h4-5,8-11,13-14H,2-3,7H2,1H3/b5-4+/t8?,9-,10-,11+/m0/s1.